The summed E-state index contributed by atoms with van der Waals surface area (Å²) in [6.45, 7) is 4.17. The highest BCUT2D eigenvalue weighted by molar-refractivity contribution is 5.28. The van der Waals surface area contributed by atoms with E-state index in [0.29, 0.717) is 12.0 Å². The van der Waals surface area contributed by atoms with Crippen LogP contribution in [0.1, 0.15) is 24.5 Å². The number of hydrogen-bond acceptors (Lipinski definition) is 2. The van der Waals surface area contributed by atoms with Crippen LogP contribution in [0.15, 0.2) is 18.2 Å². The molecule has 3 heteroatoms. The van der Waals surface area contributed by atoms with Crippen molar-refractivity contribution in [1.82, 2.24) is 5.32 Å². The van der Waals surface area contributed by atoms with Crippen LogP contribution in [-0.2, 0) is 5.60 Å². The second-order valence-electron chi connectivity index (χ2n) is 4.09. The molecule has 0 saturated carbocycles. The molecule has 0 aliphatic heterocycles. The minimum Gasteiger partial charge on any atom is -0.385 e. The maximum Gasteiger partial charge on any atom is 0.126 e. The Bertz CT molecular complexity index is 336. The van der Waals surface area contributed by atoms with Gasteiger partial charge in [0.15, 0.2) is 0 Å². The molecule has 0 fully saturated rings. The normalized spacial score (nSPS) is 15.0. The van der Waals surface area contributed by atoms with Crippen LogP contribution in [0.4, 0.5) is 4.39 Å². The number of rotatable bonds is 4. The Morgan fingerprint density at radius 1 is 1.47 bits per heavy atom. The molecule has 0 saturated heterocycles. The second kappa shape index (κ2) is 4.73. The van der Waals surface area contributed by atoms with Gasteiger partial charge in [-0.15, -0.1) is 0 Å². The molecule has 15 heavy (non-hydrogen) atoms. The van der Waals surface area contributed by atoms with Crippen LogP contribution in [0.3, 0.4) is 0 Å². The van der Waals surface area contributed by atoms with Gasteiger partial charge in [0, 0.05) is 0 Å². The van der Waals surface area contributed by atoms with Crippen LogP contribution in [0.25, 0.3) is 0 Å². The summed E-state index contributed by atoms with van der Waals surface area (Å²) >= 11 is 0. The molecular weight excluding hydrogens is 193 g/mol. The Hall–Kier alpha value is -0.930. The molecule has 0 bridgehead atoms. The van der Waals surface area contributed by atoms with Crippen molar-refractivity contribution in [3.63, 3.8) is 0 Å². The van der Waals surface area contributed by atoms with Gasteiger partial charge in [-0.05, 0) is 51.1 Å². The molecule has 0 amide bonds. The van der Waals surface area contributed by atoms with Crippen LogP contribution in [0.5, 0.6) is 0 Å². The lowest BCUT2D eigenvalue weighted by atomic mass is 9.91. The number of nitrogens with one attached hydrogen (secondary N) is 1. The van der Waals surface area contributed by atoms with Gasteiger partial charge in [-0.25, -0.2) is 4.39 Å². The molecule has 2 N–H and O–H groups in total. The van der Waals surface area contributed by atoms with Crippen molar-refractivity contribution in [2.45, 2.75) is 25.9 Å². The lowest BCUT2D eigenvalue weighted by molar-refractivity contribution is 0.0484. The van der Waals surface area contributed by atoms with E-state index in [9.17, 15) is 9.50 Å². The van der Waals surface area contributed by atoms with Crippen molar-refractivity contribution < 1.29 is 9.50 Å². The number of aryl methyl sites for hydroxylation is 1. The minimum atomic E-state index is -0.901. The highest BCUT2D eigenvalue weighted by atomic mass is 19.1. The first-order chi connectivity index (χ1) is 6.97. The van der Waals surface area contributed by atoms with E-state index in [-0.39, 0.29) is 5.82 Å². The Morgan fingerprint density at radius 2 is 2.13 bits per heavy atom. The molecule has 0 aliphatic rings. The summed E-state index contributed by atoms with van der Waals surface area (Å²) in [4.78, 5) is 0. The third-order valence-corrected chi connectivity index (χ3v) is 2.64. The second-order valence-corrected chi connectivity index (χ2v) is 4.09. The van der Waals surface area contributed by atoms with Gasteiger partial charge in [0.25, 0.3) is 0 Å². The zero-order valence-corrected chi connectivity index (χ0v) is 9.47. The molecule has 1 unspecified atom stereocenters. The first kappa shape index (κ1) is 12.1. The highest BCUT2D eigenvalue weighted by Gasteiger charge is 2.22. The van der Waals surface area contributed by atoms with E-state index in [2.05, 4.69) is 5.32 Å². The SMILES string of the molecule is CNCCC(C)(O)c1ccc(F)c(C)c1. The third-order valence-electron chi connectivity index (χ3n) is 2.64. The molecule has 2 nitrogen and oxygen atoms in total. The van der Waals surface area contributed by atoms with Crippen LogP contribution in [0.2, 0.25) is 0 Å². The number of hydrogen-bond donors (Lipinski definition) is 2. The van der Waals surface area contributed by atoms with Gasteiger partial charge in [0.1, 0.15) is 5.82 Å². The zero-order chi connectivity index (χ0) is 11.5. The maximum atomic E-state index is 13.0. The Morgan fingerprint density at radius 3 is 2.67 bits per heavy atom. The topological polar surface area (TPSA) is 32.3 Å². The fraction of sp³-hybridized carbons (Fsp3) is 0.500. The molecule has 0 heterocycles. The molecule has 0 aromatic heterocycles. The molecule has 0 spiro atoms. The predicted molar refractivity (Wildman–Crippen MR) is 59.3 cm³/mol. The van der Waals surface area contributed by atoms with E-state index in [1.807, 2.05) is 7.05 Å². The summed E-state index contributed by atoms with van der Waals surface area (Å²) in [5, 5.41) is 13.2. The van der Waals surface area contributed by atoms with Crippen molar-refractivity contribution in [2.24, 2.45) is 0 Å². The van der Waals surface area contributed by atoms with Gasteiger partial charge in [0.05, 0.1) is 5.60 Å². The molecular formula is C12H18FNO. The Labute approximate surface area is 90.1 Å². The smallest absolute Gasteiger partial charge is 0.126 e. The summed E-state index contributed by atoms with van der Waals surface area (Å²) in [5.74, 6) is -0.233. The number of aliphatic hydroxyl groups is 1. The first-order valence-corrected chi connectivity index (χ1v) is 5.11. The van der Waals surface area contributed by atoms with Crippen molar-refractivity contribution in [2.75, 3.05) is 13.6 Å². The van der Waals surface area contributed by atoms with E-state index in [1.165, 1.54) is 6.07 Å². The van der Waals surface area contributed by atoms with Crippen LogP contribution in [0, 0.1) is 12.7 Å². The van der Waals surface area contributed by atoms with Gasteiger partial charge in [-0.1, -0.05) is 12.1 Å². The highest BCUT2D eigenvalue weighted by Crippen LogP contribution is 2.25. The Balaban J connectivity index is 2.89. The van der Waals surface area contributed by atoms with E-state index in [4.69, 9.17) is 0 Å². The quantitative estimate of drug-likeness (QED) is 0.798. The van der Waals surface area contributed by atoms with Crippen molar-refractivity contribution in [1.29, 1.82) is 0 Å². The lowest BCUT2D eigenvalue weighted by Gasteiger charge is -2.24. The van der Waals surface area contributed by atoms with E-state index in [0.717, 1.165) is 12.1 Å². The van der Waals surface area contributed by atoms with Crippen molar-refractivity contribution in [3.8, 4) is 0 Å². The van der Waals surface area contributed by atoms with E-state index < -0.39 is 5.60 Å². The number of benzene rings is 1. The van der Waals surface area contributed by atoms with Gasteiger partial charge in [-0.3, -0.25) is 0 Å². The monoisotopic (exact) mass is 211 g/mol. The van der Waals surface area contributed by atoms with Crippen LogP contribution in [-0.4, -0.2) is 18.7 Å². The van der Waals surface area contributed by atoms with Crippen molar-refractivity contribution >= 4 is 0 Å². The summed E-state index contributed by atoms with van der Waals surface area (Å²) in [6, 6.07) is 4.74. The number of halogens is 1. The lowest BCUT2D eigenvalue weighted by Crippen LogP contribution is -2.26. The zero-order valence-electron chi connectivity index (χ0n) is 9.47. The summed E-state index contributed by atoms with van der Waals surface area (Å²) in [7, 11) is 1.84. The average Bonchev–Trinajstić information content (AvgIpc) is 2.19. The summed E-state index contributed by atoms with van der Waals surface area (Å²) in [5.41, 5.74) is 0.426. The molecule has 0 aliphatic carbocycles. The third kappa shape index (κ3) is 3.01. The molecule has 0 radical (unpaired) electrons. The average molecular weight is 211 g/mol. The van der Waals surface area contributed by atoms with Gasteiger partial charge in [-0.2, -0.15) is 0 Å². The predicted octanol–water partition coefficient (Wildman–Crippen LogP) is 1.95. The standard InChI is InChI=1S/C12H18FNO/c1-9-8-10(4-5-11(9)13)12(2,15)6-7-14-3/h4-5,8,14-15H,6-7H2,1-3H3. The minimum absolute atomic E-state index is 0.233. The first-order valence-electron chi connectivity index (χ1n) is 5.11. The Kier molecular flexibility index (Phi) is 3.83. The van der Waals surface area contributed by atoms with E-state index >= 15 is 0 Å². The molecule has 1 aromatic rings. The molecule has 1 atom stereocenters. The molecule has 84 valence electrons. The van der Waals surface area contributed by atoms with Crippen molar-refractivity contribution in [3.05, 3.63) is 35.1 Å². The summed E-state index contributed by atoms with van der Waals surface area (Å²) < 4.78 is 13.0. The van der Waals surface area contributed by atoms with Crippen LogP contribution >= 0.6 is 0 Å². The van der Waals surface area contributed by atoms with Crippen LogP contribution < -0.4 is 5.32 Å². The fourth-order valence-corrected chi connectivity index (χ4v) is 1.49. The van der Waals surface area contributed by atoms with Gasteiger partial charge >= 0.3 is 0 Å². The van der Waals surface area contributed by atoms with Gasteiger partial charge in [0.2, 0.25) is 0 Å². The van der Waals surface area contributed by atoms with Gasteiger partial charge < -0.3 is 10.4 Å². The fourth-order valence-electron chi connectivity index (χ4n) is 1.49. The summed E-state index contributed by atoms with van der Waals surface area (Å²) in [6.07, 6.45) is 0.606. The molecule has 1 rings (SSSR count). The maximum absolute atomic E-state index is 13.0. The largest absolute Gasteiger partial charge is 0.385 e. The molecule has 1 aromatic carbocycles. The van der Waals surface area contributed by atoms with E-state index in [1.54, 1.807) is 26.0 Å².